The second-order valence-corrected chi connectivity index (χ2v) is 9.04. The molecule has 0 N–H and O–H groups in total. The van der Waals surface area contributed by atoms with Gasteiger partial charge in [-0.1, -0.05) is 11.6 Å². The molecule has 2 amide bonds. The molecular weight excluding hydrogens is 529 g/mol. The zero-order valence-electron chi connectivity index (χ0n) is 21.7. The molecule has 1 aliphatic heterocycles. The number of hydrogen-bond donors (Lipinski definition) is 0. The molecule has 8 nitrogen and oxygen atoms in total. The summed E-state index contributed by atoms with van der Waals surface area (Å²) in [6, 6.07) is 5.25. The fourth-order valence-corrected chi connectivity index (χ4v) is 4.79. The van der Waals surface area contributed by atoms with Crippen molar-refractivity contribution in [3.63, 3.8) is 0 Å². The van der Waals surface area contributed by atoms with E-state index in [1.165, 1.54) is 30.1 Å². The first-order valence-corrected chi connectivity index (χ1v) is 12.3. The molecule has 12 heteroatoms. The summed E-state index contributed by atoms with van der Waals surface area (Å²) < 4.78 is 61.8. The van der Waals surface area contributed by atoms with Crippen LogP contribution in [0.4, 0.5) is 28.4 Å². The number of carbonyl (C=O) groups excluding carboxylic acids is 2. The molecule has 0 spiro atoms. The Bertz CT molecular complexity index is 1180. The average Bonchev–Trinajstić information content (AvgIpc) is 2.85. The van der Waals surface area contributed by atoms with Crippen molar-refractivity contribution in [1.29, 1.82) is 0 Å². The molecule has 208 valence electrons. The maximum absolute atomic E-state index is 13.5. The van der Waals surface area contributed by atoms with E-state index in [2.05, 4.69) is 0 Å². The third-order valence-electron chi connectivity index (χ3n) is 6.14. The zero-order chi connectivity index (χ0) is 28.2. The van der Waals surface area contributed by atoms with E-state index in [4.69, 9.17) is 30.5 Å². The summed E-state index contributed by atoms with van der Waals surface area (Å²) in [6.07, 6.45) is -5.69. The summed E-state index contributed by atoms with van der Waals surface area (Å²) in [5, 5.41) is -0.115. The molecule has 38 heavy (non-hydrogen) atoms. The molecule has 2 aromatic carbocycles. The van der Waals surface area contributed by atoms with E-state index in [1.54, 1.807) is 32.9 Å². The highest BCUT2D eigenvalue weighted by Crippen LogP contribution is 2.46. The number of rotatable bonds is 7. The van der Waals surface area contributed by atoms with Crippen molar-refractivity contribution in [2.24, 2.45) is 0 Å². The smallest absolute Gasteiger partial charge is 0.416 e. The van der Waals surface area contributed by atoms with Crippen LogP contribution in [0.1, 0.15) is 49.9 Å². The van der Waals surface area contributed by atoms with Crippen molar-refractivity contribution >= 4 is 29.5 Å². The summed E-state index contributed by atoms with van der Waals surface area (Å²) in [5.74, 6) is 0.696. The average molecular weight is 559 g/mol. The highest BCUT2D eigenvalue weighted by atomic mass is 35.5. The largest absolute Gasteiger partial charge is 0.493 e. The fraction of sp³-hybridized carbons (Fsp3) is 0.462. The summed E-state index contributed by atoms with van der Waals surface area (Å²) >= 11 is 6.00. The minimum atomic E-state index is -4.62. The highest BCUT2D eigenvalue weighted by molar-refractivity contribution is 6.30. The number of nitrogens with zero attached hydrogens (tertiary/aromatic N) is 2. The Balaban J connectivity index is 2.17. The number of hydrogen-bond acceptors (Lipinski definition) is 6. The van der Waals surface area contributed by atoms with Gasteiger partial charge in [0.05, 0.1) is 44.7 Å². The molecule has 0 saturated carbocycles. The SMILES string of the molecule is CCOC(=O)N(Cc1cc(Cl)cc(C(F)(F)F)c1)C1CC(C)N(C(=O)OCC)c2cc(OC)c(OC)cc21. The molecule has 1 aliphatic rings. The van der Waals surface area contributed by atoms with Gasteiger partial charge in [-0.3, -0.25) is 9.80 Å². The van der Waals surface area contributed by atoms with E-state index < -0.39 is 36.0 Å². The van der Waals surface area contributed by atoms with Gasteiger partial charge in [0.15, 0.2) is 11.5 Å². The van der Waals surface area contributed by atoms with E-state index in [0.29, 0.717) is 22.7 Å². The predicted octanol–water partition coefficient (Wildman–Crippen LogP) is 6.83. The summed E-state index contributed by atoms with van der Waals surface area (Å²) in [5.41, 5.74) is 0.169. The summed E-state index contributed by atoms with van der Waals surface area (Å²) in [6.45, 7) is 5.08. The Morgan fingerprint density at radius 1 is 1.03 bits per heavy atom. The van der Waals surface area contributed by atoms with Crippen LogP contribution < -0.4 is 14.4 Å². The Morgan fingerprint density at radius 3 is 2.24 bits per heavy atom. The molecule has 0 aliphatic carbocycles. The third kappa shape index (κ3) is 6.20. The number of anilines is 1. The van der Waals surface area contributed by atoms with E-state index >= 15 is 0 Å². The van der Waals surface area contributed by atoms with Crippen LogP contribution in [-0.4, -0.2) is 50.6 Å². The van der Waals surface area contributed by atoms with Crippen LogP contribution in [0.2, 0.25) is 5.02 Å². The van der Waals surface area contributed by atoms with Crippen molar-refractivity contribution in [3.05, 3.63) is 52.0 Å². The van der Waals surface area contributed by atoms with Crippen molar-refractivity contribution in [3.8, 4) is 11.5 Å². The van der Waals surface area contributed by atoms with Crippen LogP contribution in [0, 0.1) is 0 Å². The van der Waals surface area contributed by atoms with Gasteiger partial charge in [0.25, 0.3) is 0 Å². The van der Waals surface area contributed by atoms with Gasteiger partial charge in [0.2, 0.25) is 0 Å². The maximum atomic E-state index is 13.5. The number of fused-ring (bicyclic) bond motifs is 1. The van der Waals surface area contributed by atoms with Gasteiger partial charge in [-0.25, -0.2) is 9.59 Å². The van der Waals surface area contributed by atoms with Crippen molar-refractivity contribution in [1.82, 2.24) is 4.90 Å². The van der Waals surface area contributed by atoms with Crippen LogP contribution in [-0.2, 0) is 22.2 Å². The summed E-state index contributed by atoms with van der Waals surface area (Å²) in [4.78, 5) is 28.9. The zero-order valence-corrected chi connectivity index (χ0v) is 22.5. The van der Waals surface area contributed by atoms with E-state index in [9.17, 15) is 22.8 Å². The van der Waals surface area contributed by atoms with Crippen LogP contribution in [0.3, 0.4) is 0 Å². The van der Waals surface area contributed by atoms with Gasteiger partial charge < -0.3 is 18.9 Å². The van der Waals surface area contributed by atoms with Crippen LogP contribution >= 0.6 is 11.6 Å². The first-order chi connectivity index (χ1) is 17.9. The lowest BCUT2D eigenvalue weighted by Gasteiger charge is -2.42. The predicted molar refractivity (Wildman–Crippen MR) is 135 cm³/mol. The van der Waals surface area contributed by atoms with Gasteiger partial charge in [-0.15, -0.1) is 0 Å². The number of ether oxygens (including phenoxy) is 4. The Hall–Kier alpha value is -3.34. The van der Waals surface area contributed by atoms with Gasteiger partial charge in [-0.05, 0) is 57.0 Å². The lowest BCUT2D eigenvalue weighted by molar-refractivity contribution is -0.137. The monoisotopic (exact) mass is 558 g/mol. The van der Waals surface area contributed by atoms with Gasteiger partial charge in [0.1, 0.15) is 0 Å². The van der Waals surface area contributed by atoms with Crippen LogP contribution in [0.15, 0.2) is 30.3 Å². The lowest BCUT2D eigenvalue weighted by Crippen LogP contribution is -2.47. The van der Waals surface area contributed by atoms with Crippen LogP contribution in [0.5, 0.6) is 11.5 Å². The van der Waals surface area contributed by atoms with Crippen molar-refractivity contribution in [2.75, 3.05) is 32.3 Å². The second kappa shape index (κ2) is 12.0. The Labute approximate surface area is 224 Å². The van der Waals surface area contributed by atoms with E-state index in [1.807, 2.05) is 0 Å². The van der Waals surface area contributed by atoms with E-state index in [0.717, 1.165) is 12.1 Å². The molecule has 2 aromatic rings. The number of amides is 2. The normalized spacial score (nSPS) is 16.9. The minimum Gasteiger partial charge on any atom is -0.493 e. The van der Waals surface area contributed by atoms with Crippen LogP contribution in [0.25, 0.3) is 0 Å². The Kier molecular flexibility index (Phi) is 9.24. The molecule has 0 aromatic heterocycles. The number of alkyl halides is 3. The molecular formula is C26H30ClF3N2O6. The van der Waals surface area contributed by atoms with E-state index in [-0.39, 0.29) is 36.8 Å². The van der Waals surface area contributed by atoms with Gasteiger partial charge >= 0.3 is 18.4 Å². The molecule has 1 heterocycles. The molecule has 2 unspecified atom stereocenters. The fourth-order valence-electron chi connectivity index (χ4n) is 4.53. The molecule has 0 radical (unpaired) electrons. The number of halogens is 4. The number of benzene rings is 2. The molecule has 2 atom stereocenters. The molecule has 0 fully saturated rings. The molecule has 0 saturated heterocycles. The lowest BCUT2D eigenvalue weighted by atomic mass is 9.90. The standard InChI is InChI=1S/C26H30ClF3N2O6/c1-6-37-24(33)31(14-16-9-17(26(28,29)30)11-18(27)10-16)20-8-15(3)32(25(34)38-7-2)21-13-23(36-5)22(35-4)12-19(20)21/h9-13,15,20H,6-8,14H2,1-5H3. The first-order valence-electron chi connectivity index (χ1n) is 12.0. The van der Waals surface area contributed by atoms with Crippen molar-refractivity contribution in [2.45, 2.75) is 52.0 Å². The van der Waals surface area contributed by atoms with Gasteiger partial charge in [-0.2, -0.15) is 13.2 Å². The van der Waals surface area contributed by atoms with Crippen molar-refractivity contribution < 1.29 is 41.7 Å². The topological polar surface area (TPSA) is 77.5 Å². The quantitative estimate of drug-likeness (QED) is 0.371. The highest BCUT2D eigenvalue weighted by Gasteiger charge is 2.40. The third-order valence-corrected chi connectivity index (χ3v) is 6.36. The Morgan fingerprint density at radius 2 is 1.66 bits per heavy atom. The molecule has 3 rings (SSSR count). The number of methoxy groups -OCH3 is 2. The number of carbonyl (C=O) groups is 2. The summed E-state index contributed by atoms with van der Waals surface area (Å²) in [7, 11) is 2.90. The maximum Gasteiger partial charge on any atom is 0.416 e. The minimum absolute atomic E-state index is 0.0503. The first kappa shape index (κ1) is 29.2. The van der Waals surface area contributed by atoms with Gasteiger partial charge in [0, 0.05) is 29.2 Å². The second-order valence-electron chi connectivity index (χ2n) is 8.61. The molecule has 0 bridgehead atoms.